The van der Waals surface area contributed by atoms with Crippen molar-refractivity contribution in [2.45, 2.75) is 18.4 Å². The molecule has 1 N–H and O–H groups in total. The van der Waals surface area contributed by atoms with Crippen LogP contribution in [-0.4, -0.2) is 36.0 Å². The van der Waals surface area contributed by atoms with Gasteiger partial charge in [0.15, 0.2) is 0 Å². The number of aromatic nitrogens is 2. The number of benzene rings is 1. The number of nitrogens with one attached hydrogen (secondary N) is 1. The van der Waals surface area contributed by atoms with Crippen LogP contribution in [0.15, 0.2) is 54.9 Å². The van der Waals surface area contributed by atoms with E-state index >= 15 is 0 Å². The number of carbonyl (C=O) groups is 1. The minimum absolute atomic E-state index is 0.0434. The SMILES string of the molecule is CN(C)c1cc(C(=O)N[C@H]2C[C@@H]2c2cccnc2)c2ccccc2n1. The normalized spacial score (nSPS) is 18.8. The van der Waals surface area contributed by atoms with E-state index in [1.807, 2.05) is 61.6 Å². The van der Waals surface area contributed by atoms with E-state index in [2.05, 4.69) is 21.4 Å². The molecule has 4 rings (SSSR count). The number of hydrogen-bond donors (Lipinski definition) is 1. The van der Waals surface area contributed by atoms with Gasteiger partial charge in [-0.25, -0.2) is 4.98 Å². The third kappa shape index (κ3) is 3.05. The topological polar surface area (TPSA) is 58.1 Å². The van der Waals surface area contributed by atoms with Crippen molar-refractivity contribution in [2.24, 2.45) is 0 Å². The highest BCUT2D eigenvalue weighted by Crippen LogP contribution is 2.40. The number of para-hydroxylation sites is 1. The van der Waals surface area contributed by atoms with Gasteiger partial charge in [-0.05, 0) is 30.2 Å². The number of amides is 1. The number of pyridine rings is 2. The van der Waals surface area contributed by atoms with Crippen molar-refractivity contribution < 1.29 is 4.79 Å². The van der Waals surface area contributed by atoms with Crippen molar-refractivity contribution in [3.05, 3.63) is 66.0 Å². The second-order valence-corrected chi connectivity index (χ2v) is 6.65. The van der Waals surface area contributed by atoms with Crippen LogP contribution in [0.3, 0.4) is 0 Å². The van der Waals surface area contributed by atoms with E-state index in [1.165, 1.54) is 5.56 Å². The van der Waals surface area contributed by atoms with Gasteiger partial charge in [-0.2, -0.15) is 0 Å². The van der Waals surface area contributed by atoms with Gasteiger partial charge in [0.25, 0.3) is 5.91 Å². The molecule has 0 aliphatic heterocycles. The van der Waals surface area contributed by atoms with Crippen molar-refractivity contribution in [3.8, 4) is 0 Å². The van der Waals surface area contributed by atoms with Gasteiger partial charge in [-0.1, -0.05) is 24.3 Å². The van der Waals surface area contributed by atoms with Crippen LogP contribution in [0.5, 0.6) is 0 Å². The molecule has 1 fully saturated rings. The van der Waals surface area contributed by atoms with Gasteiger partial charge in [0, 0.05) is 43.8 Å². The molecule has 3 aromatic rings. The van der Waals surface area contributed by atoms with Gasteiger partial charge in [0.1, 0.15) is 5.82 Å². The van der Waals surface area contributed by atoms with Crippen molar-refractivity contribution >= 4 is 22.6 Å². The zero-order chi connectivity index (χ0) is 17.4. The molecule has 2 heterocycles. The van der Waals surface area contributed by atoms with Gasteiger partial charge in [0.2, 0.25) is 0 Å². The van der Waals surface area contributed by atoms with Crippen LogP contribution in [0, 0.1) is 0 Å². The van der Waals surface area contributed by atoms with Crippen LogP contribution >= 0.6 is 0 Å². The van der Waals surface area contributed by atoms with Crippen LogP contribution in [0.25, 0.3) is 10.9 Å². The average molecular weight is 332 g/mol. The molecule has 1 amide bonds. The van der Waals surface area contributed by atoms with Crippen LogP contribution < -0.4 is 10.2 Å². The third-order valence-corrected chi connectivity index (χ3v) is 4.62. The van der Waals surface area contributed by atoms with Crippen LogP contribution in [-0.2, 0) is 0 Å². The summed E-state index contributed by atoms with van der Waals surface area (Å²) >= 11 is 0. The van der Waals surface area contributed by atoms with Crippen LogP contribution in [0.2, 0.25) is 0 Å². The zero-order valence-electron chi connectivity index (χ0n) is 14.3. The fourth-order valence-corrected chi connectivity index (χ4v) is 3.14. The Balaban J connectivity index is 1.60. The Hall–Kier alpha value is -2.95. The summed E-state index contributed by atoms with van der Waals surface area (Å²) < 4.78 is 0. The Morgan fingerprint density at radius 3 is 2.80 bits per heavy atom. The monoisotopic (exact) mass is 332 g/mol. The molecule has 1 aliphatic carbocycles. The number of anilines is 1. The second-order valence-electron chi connectivity index (χ2n) is 6.65. The maximum Gasteiger partial charge on any atom is 0.252 e. The average Bonchev–Trinajstić information content (AvgIpc) is 3.40. The minimum atomic E-state index is -0.0434. The van der Waals surface area contributed by atoms with Gasteiger partial charge in [0.05, 0.1) is 11.1 Å². The molecule has 0 unspecified atom stereocenters. The molecule has 2 atom stereocenters. The summed E-state index contributed by atoms with van der Waals surface area (Å²) in [6.07, 6.45) is 4.61. The van der Waals surface area contributed by atoms with Crippen molar-refractivity contribution in [2.75, 3.05) is 19.0 Å². The predicted molar refractivity (Wildman–Crippen MR) is 98.9 cm³/mol. The fraction of sp³-hybridized carbons (Fsp3) is 0.250. The first-order chi connectivity index (χ1) is 12.1. The van der Waals surface area contributed by atoms with E-state index in [1.54, 1.807) is 6.20 Å². The summed E-state index contributed by atoms with van der Waals surface area (Å²) in [5.74, 6) is 1.10. The predicted octanol–water partition coefficient (Wildman–Crippen LogP) is 2.98. The van der Waals surface area contributed by atoms with Crippen LogP contribution in [0.1, 0.15) is 28.3 Å². The summed E-state index contributed by atoms with van der Waals surface area (Å²) in [4.78, 5) is 23.6. The molecule has 0 spiro atoms. The maximum atomic E-state index is 12.9. The molecule has 1 saturated carbocycles. The molecule has 25 heavy (non-hydrogen) atoms. The molecule has 2 aromatic heterocycles. The quantitative estimate of drug-likeness (QED) is 0.798. The highest BCUT2D eigenvalue weighted by Gasteiger charge is 2.39. The van der Waals surface area contributed by atoms with Gasteiger partial charge >= 0.3 is 0 Å². The molecule has 5 nitrogen and oxygen atoms in total. The first-order valence-electron chi connectivity index (χ1n) is 8.41. The molecule has 0 saturated heterocycles. The number of fused-ring (bicyclic) bond motifs is 1. The molecule has 0 radical (unpaired) electrons. The molecule has 5 heteroatoms. The third-order valence-electron chi connectivity index (χ3n) is 4.62. The van der Waals surface area contributed by atoms with Gasteiger partial charge in [-0.15, -0.1) is 0 Å². The molecular weight excluding hydrogens is 312 g/mol. The highest BCUT2D eigenvalue weighted by molar-refractivity contribution is 6.07. The fourth-order valence-electron chi connectivity index (χ4n) is 3.14. The Morgan fingerprint density at radius 2 is 2.04 bits per heavy atom. The highest BCUT2D eigenvalue weighted by atomic mass is 16.1. The maximum absolute atomic E-state index is 12.9. The largest absolute Gasteiger partial charge is 0.363 e. The molecular formula is C20H20N4O. The molecule has 1 aromatic carbocycles. The lowest BCUT2D eigenvalue weighted by atomic mass is 10.1. The summed E-state index contributed by atoms with van der Waals surface area (Å²) in [5, 5.41) is 4.04. The first kappa shape index (κ1) is 15.6. The number of nitrogens with zero attached hydrogens (tertiary/aromatic N) is 3. The van der Waals surface area contributed by atoms with Gasteiger partial charge in [-0.3, -0.25) is 9.78 Å². The van der Waals surface area contributed by atoms with E-state index in [0.29, 0.717) is 11.5 Å². The molecule has 126 valence electrons. The first-order valence-corrected chi connectivity index (χ1v) is 8.41. The zero-order valence-corrected chi connectivity index (χ0v) is 14.3. The Bertz CT molecular complexity index is 923. The van der Waals surface area contributed by atoms with E-state index in [0.717, 1.165) is 23.1 Å². The summed E-state index contributed by atoms with van der Waals surface area (Å²) in [6, 6.07) is 13.8. The number of rotatable bonds is 4. The number of hydrogen-bond acceptors (Lipinski definition) is 4. The van der Waals surface area contributed by atoms with E-state index in [4.69, 9.17) is 0 Å². The minimum Gasteiger partial charge on any atom is -0.363 e. The lowest BCUT2D eigenvalue weighted by Gasteiger charge is -2.15. The second kappa shape index (κ2) is 6.16. The summed E-state index contributed by atoms with van der Waals surface area (Å²) in [5.41, 5.74) is 2.69. The smallest absolute Gasteiger partial charge is 0.252 e. The standard InChI is InChI=1S/C20H20N4O/c1-24(2)19-11-16(14-7-3-4-8-17(14)22-19)20(25)23-18-10-15(18)13-6-5-9-21-12-13/h3-9,11-12,15,18H,10H2,1-2H3,(H,23,25)/t15-,18+/m1/s1. The van der Waals surface area contributed by atoms with E-state index < -0.39 is 0 Å². The summed E-state index contributed by atoms with van der Waals surface area (Å²) in [6.45, 7) is 0. The lowest BCUT2D eigenvalue weighted by Crippen LogP contribution is -2.27. The number of carbonyl (C=O) groups excluding carboxylic acids is 1. The molecule has 1 aliphatic rings. The Morgan fingerprint density at radius 1 is 1.20 bits per heavy atom. The van der Waals surface area contributed by atoms with Crippen molar-refractivity contribution in [1.29, 1.82) is 0 Å². The van der Waals surface area contributed by atoms with E-state index in [-0.39, 0.29) is 11.9 Å². The lowest BCUT2D eigenvalue weighted by molar-refractivity contribution is 0.0952. The Kier molecular flexibility index (Phi) is 3.84. The Labute approximate surface area is 146 Å². The van der Waals surface area contributed by atoms with E-state index in [9.17, 15) is 4.79 Å². The van der Waals surface area contributed by atoms with Crippen molar-refractivity contribution in [3.63, 3.8) is 0 Å². The summed E-state index contributed by atoms with van der Waals surface area (Å²) in [7, 11) is 3.86. The molecule has 0 bridgehead atoms. The van der Waals surface area contributed by atoms with Crippen LogP contribution in [0.4, 0.5) is 5.82 Å². The van der Waals surface area contributed by atoms with Gasteiger partial charge < -0.3 is 10.2 Å². The van der Waals surface area contributed by atoms with Crippen molar-refractivity contribution in [1.82, 2.24) is 15.3 Å².